The number of nitrogens with zero attached hydrogens (tertiary/aromatic N) is 2. The monoisotopic (exact) mass is 306 g/mol. The van der Waals surface area contributed by atoms with Crippen molar-refractivity contribution in [1.29, 1.82) is 0 Å². The fourth-order valence-electron chi connectivity index (χ4n) is 2.45. The van der Waals surface area contributed by atoms with Crippen molar-refractivity contribution in [3.05, 3.63) is 24.0 Å². The molecule has 1 aromatic rings. The van der Waals surface area contributed by atoms with Crippen LogP contribution in [0, 0.1) is 12.8 Å². The first kappa shape index (κ1) is 16.6. The number of carbonyl (C=O) groups excluding carboxylic acids is 1. The van der Waals surface area contributed by atoms with E-state index in [1.807, 2.05) is 39.8 Å². The number of carbonyl (C=O) groups is 1. The maximum absolute atomic E-state index is 12.1. The van der Waals surface area contributed by atoms with Crippen LogP contribution in [0.15, 0.2) is 18.3 Å². The predicted molar refractivity (Wildman–Crippen MR) is 85.0 cm³/mol. The van der Waals surface area contributed by atoms with Gasteiger partial charge in [-0.2, -0.15) is 0 Å². The highest BCUT2D eigenvalue weighted by Crippen LogP contribution is 2.20. The lowest BCUT2D eigenvalue weighted by atomic mass is 9.99. The summed E-state index contributed by atoms with van der Waals surface area (Å²) in [5, 5.41) is 0. The number of piperidine rings is 1. The highest BCUT2D eigenvalue weighted by atomic mass is 16.6. The van der Waals surface area contributed by atoms with Gasteiger partial charge in [-0.3, -0.25) is 4.98 Å². The van der Waals surface area contributed by atoms with Crippen molar-refractivity contribution in [2.24, 2.45) is 5.92 Å². The molecular weight excluding hydrogens is 280 g/mol. The summed E-state index contributed by atoms with van der Waals surface area (Å²) in [6, 6.07) is 3.86. The second kappa shape index (κ2) is 6.99. The lowest BCUT2D eigenvalue weighted by Gasteiger charge is -2.34. The summed E-state index contributed by atoms with van der Waals surface area (Å²) in [5.74, 6) is 1.11. The van der Waals surface area contributed by atoms with Gasteiger partial charge in [-0.25, -0.2) is 4.79 Å². The molecule has 0 saturated carbocycles. The molecule has 5 nitrogen and oxygen atoms in total. The third-order valence-corrected chi connectivity index (χ3v) is 3.54. The number of hydrogen-bond donors (Lipinski definition) is 0. The third kappa shape index (κ3) is 5.20. The molecule has 0 bridgehead atoms. The lowest BCUT2D eigenvalue weighted by Crippen LogP contribution is -2.44. The molecule has 2 rings (SSSR count). The number of pyridine rings is 1. The second-order valence-electron chi connectivity index (χ2n) is 6.88. The van der Waals surface area contributed by atoms with Gasteiger partial charge in [-0.15, -0.1) is 0 Å². The smallest absolute Gasteiger partial charge is 0.410 e. The van der Waals surface area contributed by atoms with Crippen molar-refractivity contribution < 1.29 is 14.3 Å². The summed E-state index contributed by atoms with van der Waals surface area (Å²) in [6.45, 7) is 9.67. The lowest BCUT2D eigenvalue weighted by molar-refractivity contribution is 0.0139. The fraction of sp³-hybridized carbons (Fsp3) is 0.647. The van der Waals surface area contributed by atoms with E-state index >= 15 is 0 Å². The number of rotatable bonds is 3. The van der Waals surface area contributed by atoms with Crippen LogP contribution in [0.2, 0.25) is 0 Å². The first-order valence-electron chi connectivity index (χ1n) is 7.87. The molecular formula is C17H26N2O3. The minimum absolute atomic E-state index is 0.228. The summed E-state index contributed by atoms with van der Waals surface area (Å²) in [4.78, 5) is 18.1. The molecule has 0 aliphatic carbocycles. The van der Waals surface area contributed by atoms with Crippen LogP contribution in [0.25, 0.3) is 0 Å². The molecule has 0 unspecified atom stereocenters. The topological polar surface area (TPSA) is 51.7 Å². The second-order valence-corrected chi connectivity index (χ2v) is 6.88. The van der Waals surface area contributed by atoms with E-state index in [1.165, 1.54) is 0 Å². The summed E-state index contributed by atoms with van der Waals surface area (Å²) in [5.41, 5.74) is 0.523. The largest absolute Gasteiger partial charge is 0.492 e. The average molecular weight is 306 g/mol. The summed E-state index contributed by atoms with van der Waals surface area (Å²) >= 11 is 0. The molecule has 1 aliphatic rings. The van der Waals surface area contributed by atoms with Crippen molar-refractivity contribution >= 4 is 6.09 Å². The van der Waals surface area contributed by atoms with Gasteiger partial charge in [-0.1, -0.05) is 0 Å². The SMILES string of the molecule is Cc1ccc(OC[C@@H]2CCCN(C(=O)OC(C)(C)C)C2)cn1. The van der Waals surface area contributed by atoms with Crippen LogP contribution in [0.4, 0.5) is 4.79 Å². The number of likely N-dealkylation sites (tertiary alicyclic amines) is 1. The minimum Gasteiger partial charge on any atom is -0.492 e. The molecule has 5 heteroatoms. The van der Waals surface area contributed by atoms with E-state index in [9.17, 15) is 4.79 Å². The molecule has 1 amide bonds. The molecule has 1 aromatic heterocycles. The first-order valence-corrected chi connectivity index (χ1v) is 7.87. The van der Waals surface area contributed by atoms with E-state index in [-0.39, 0.29) is 6.09 Å². The van der Waals surface area contributed by atoms with E-state index in [0.717, 1.165) is 30.8 Å². The van der Waals surface area contributed by atoms with Crippen molar-refractivity contribution in [3.63, 3.8) is 0 Å². The van der Waals surface area contributed by atoms with Gasteiger partial charge in [-0.05, 0) is 52.7 Å². The highest BCUT2D eigenvalue weighted by molar-refractivity contribution is 5.68. The number of aromatic nitrogens is 1. The van der Waals surface area contributed by atoms with Crippen LogP contribution in [0.1, 0.15) is 39.3 Å². The standard InChI is InChI=1S/C17H26N2O3/c1-13-7-8-15(10-18-13)21-12-14-6-5-9-19(11-14)16(20)22-17(2,3)4/h7-8,10,14H,5-6,9,11-12H2,1-4H3/t14-/m1/s1. The van der Waals surface area contributed by atoms with Gasteiger partial charge in [0.25, 0.3) is 0 Å². The highest BCUT2D eigenvalue weighted by Gasteiger charge is 2.27. The van der Waals surface area contributed by atoms with Gasteiger partial charge in [0.1, 0.15) is 11.4 Å². The minimum atomic E-state index is -0.450. The van der Waals surface area contributed by atoms with Crippen LogP contribution in [0.5, 0.6) is 5.75 Å². The Hall–Kier alpha value is -1.78. The van der Waals surface area contributed by atoms with Crippen LogP contribution in [0.3, 0.4) is 0 Å². The van der Waals surface area contributed by atoms with Gasteiger partial charge >= 0.3 is 6.09 Å². The van der Waals surface area contributed by atoms with Gasteiger partial charge in [0, 0.05) is 24.7 Å². The van der Waals surface area contributed by atoms with Crippen molar-refractivity contribution in [1.82, 2.24) is 9.88 Å². The Balaban J connectivity index is 1.82. The molecule has 22 heavy (non-hydrogen) atoms. The Bertz CT molecular complexity index is 494. The molecule has 0 spiro atoms. The van der Waals surface area contributed by atoms with Crippen molar-refractivity contribution in [3.8, 4) is 5.75 Å². The van der Waals surface area contributed by atoms with E-state index in [0.29, 0.717) is 19.1 Å². The molecule has 2 heterocycles. The number of amides is 1. The summed E-state index contributed by atoms with van der Waals surface area (Å²) in [6.07, 6.45) is 3.57. The number of hydrogen-bond acceptors (Lipinski definition) is 4. The van der Waals surface area contributed by atoms with Gasteiger partial charge in [0.05, 0.1) is 12.8 Å². The normalized spacial score (nSPS) is 18.9. The Morgan fingerprint density at radius 1 is 1.41 bits per heavy atom. The van der Waals surface area contributed by atoms with E-state index < -0.39 is 5.60 Å². The molecule has 1 fully saturated rings. The first-order chi connectivity index (χ1) is 10.3. The Morgan fingerprint density at radius 3 is 2.82 bits per heavy atom. The van der Waals surface area contributed by atoms with Crippen LogP contribution in [-0.2, 0) is 4.74 Å². The molecule has 0 radical (unpaired) electrons. The zero-order valence-corrected chi connectivity index (χ0v) is 14.0. The third-order valence-electron chi connectivity index (χ3n) is 3.54. The van der Waals surface area contributed by atoms with E-state index in [2.05, 4.69) is 4.98 Å². The average Bonchev–Trinajstić information content (AvgIpc) is 2.45. The number of ether oxygens (including phenoxy) is 2. The van der Waals surface area contributed by atoms with Crippen LogP contribution in [-0.4, -0.2) is 41.3 Å². The Labute approximate surface area is 132 Å². The Morgan fingerprint density at radius 2 is 2.18 bits per heavy atom. The Kier molecular flexibility index (Phi) is 5.27. The van der Waals surface area contributed by atoms with Crippen LogP contribution < -0.4 is 4.74 Å². The predicted octanol–water partition coefficient (Wildman–Crippen LogP) is 3.42. The maximum atomic E-state index is 12.1. The van der Waals surface area contributed by atoms with Crippen LogP contribution >= 0.6 is 0 Å². The van der Waals surface area contributed by atoms with Gasteiger partial charge in [0.15, 0.2) is 0 Å². The molecule has 0 N–H and O–H groups in total. The van der Waals surface area contributed by atoms with Gasteiger partial charge in [0.2, 0.25) is 0 Å². The van der Waals surface area contributed by atoms with E-state index in [4.69, 9.17) is 9.47 Å². The summed E-state index contributed by atoms with van der Waals surface area (Å²) in [7, 11) is 0. The fourth-order valence-corrected chi connectivity index (χ4v) is 2.45. The molecule has 1 aliphatic heterocycles. The summed E-state index contributed by atoms with van der Waals surface area (Å²) < 4.78 is 11.2. The maximum Gasteiger partial charge on any atom is 0.410 e. The molecule has 1 saturated heterocycles. The molecule has 122 valence electrons. The van der Waals surface area contributed by atoms with Gasteiger partial charge < -0.3 is 14.4 Å². The van der Waals surface area contributed by atoms with Crippen molar-refractivity contribution in [2.75, 3.05) is 19.7 Å². The number of aryl methyl sites for hydroxylation is 1. The zero-order valence-electron chi connectivity index (χ0n) is 14.0. The zero-order chi connectivity index (χ0) is 16.2. The quantitative estimate of drug-likeness (QED) is 0.858. The van der Waals surface area contributed by atoms with Crippen molar-refractivity contribution in [2.45, 2.75) is 46.1 Å². The van der Waals surface area contributed by atoms with E-state index in [1.54, 1.807) is 11.1 Å². The molecule has 1 atom stereocenters. The molecule has 0 aromatic carbocycles.